The van der Waals surface area contributed by atoms with E-state index < -0.39 is 21.0 Å². The van der Waals surface area contributed by atoms with Gasteiger partial charge in [-0.2, -0.15) is 4.72 Å². The predicted molar refractivity (Wildman–Crippen MR) is 121 cm³/mol. The molecule has 1 heterocycles. The van der Waals surface area contributed by atoms with E-state index in [1.807, 2.05) is 12.1 Å². The molecule has 1 aromatic heterocycles. The summed E-state index contributed by atoms with van der Waals surface area (Å²) in [6, 6.07) is 8.56. The number of benzene rings is 1. The van der Waals surface area contributed by atoms with Crippen molar-refractivity contribution in [3.05, 3.63) is 36.5 Å². The number of amides is 2. The highest BCUT2D eigenvalue weighted by molar-refractivity contribution is 7.89. The van der Waals surface area contributed by atoms with Crippen molar-refractivity contribution in [1.29, 1.82) is 0 Å². The van der Waals surface area contributed by atoms with Gasteiger partial charge in [0.15, 0.2) is 0 Å². The number of hydrogen-bond acceptors (Lipinski definition) is 5. The standard InChI is InChI=1S/C24H28N4O4S/c25-21(29)23-11-14-9-16(12-23)19(17(10-14)13-23)27-22(30)24(6-7-24)28-33(31,32)18-5-1-3-15-4-2-8-26-20(15)18/h1-5,8,14,16-17,19,28H,6-7,9-13H2,(H2,25,29)(H,27,30). The molecule has 2 atom stereocenters. The van der Waals surface area contributed by atoms with Gasteiger partial charge in [-0.15, -0.1) is 0 Å². The molecule has 5 fully saturated rings. The van der Waals surface area contributed by atoms with Crippen LogP contribution in [0.4, 0.5) is 0 Å². The first kappa shape index (κ1) is 21.0. The number of pyridine rings is 1. The van der Waals surface area contributed by atoms with Gasteiger partial charge in [0, 0.05) is 23.0 Å². The Kier molecular flexibility index (Phi) is 4.46. The zero-order valence-corrected chi connectivity index (χ0v) is 19.1. The van der Waals surface area contributed by atoms with Gasteiger partial charge in [0.25, 0.3) is 0 Å². The first-order valence-corrected chi connectivity index (χ1v) is 13.2. The number of nitrogens with two attached hydrogens (primary N) is 1. The third kappa shape index (κ3) is 3.27. The van der Waals surface area contributed by atoms with E-state index >= 15 is 0 Å². The number of fused-ring (bicyclic) bond motifs is 1. The van der Waals surface area contributed by atoms with Gasteiger partial charge in [0.1, 0.15) is 10.4 Å². The molecule has 0 radical (unpaired) electrons. The summed E-state index contributed by atoms with van der Waals surface area (Å²) in [5, 5.41) is 3.93. The number of carbonyl (C=O) groups is 2. The van der Waals surface area contributed by atoms with Crippen molar-refractivity contribution in [2.24, 2.45) is 28.9 Å². The Balaban J connectivity index is 1.22. The molecule has 0 aliphatic heterocycles. The highest BCUT2D eigenvalue weighted by Gasteiger charge is 2.60. The zero-order chi connectivity index (χ0) is 23.0. The monoisotopic (exact) mass is 468 g/mol. The molecular weight excluding hydrogens is 440 g/mol. The fraction of sp³-hybridized carbons (Fsp3) is 0.542. The van der Waals surface area contributed by atoms with E-state index in [1.54, 1.807) is 18.3 Å². The van der Waals surface area contributed by atoms with Crippen molar-refractivity contribution in [3.63, 3.8) is 0 Å². The molecule has 0 spiro atoms. The van der Waals surface area contributed by atoms with Crippen LogP contribution in [0.3, 0.4) is 0 Å². The van der Waals surface area contributed by atoms with Gasteiger partial charge in [-0.1, -0.05) is 18.2 Å². The highest BCUT2D eigenvalue weighted by Crippen LogP contribution is 2.60. The number of sulfonamides is 1. The molecule has 5 aliphatic carbocycles. The lowest BCUT2D eigenvalue weighted by Crippen LogP contribution is -2.63. The number of nitrogens with zero attached hydrogens (tertiary/aromatic N) is 1. The van der Waals surface area contributed by atoms with Crippen molar-refractivity contribution >= 4 is 32.7 Å². The van der Waals surface area contributed by atoms with Gasteiger partial charge in [-0.25, -0.2) is 8.42 Å². The Labute approximate surface area is 192 Å². The summed E-state index contributed by atoms with van der Waals surface area (Å²) in [7, 11) is -3.94. The smallest absolute Gasteiger partial charge is 0.243 e. The van der Waals surface area contributed by atoms with E-state index in [2.05, 4.69) is 15.0 Å². The molecule has 174 valence electrons. The lowest BCUT2D eigenvalue weighted by atomic mass is 9.47. The van der Waals surface area contributed by atoms with Crippen LogP contribution in [0, 0.1) is 23.2 Å². The van der Waals surface area contributed by atoms with Crippen LogP contribution in [0.5, 0.6) is 0 Å². The number of rotatable bonds is 6. The molecule has 9 heteroatoms. The first-order chi connectivity index (χ1) is 15.7. The molecule has 2 aromatic rings. The number of carbonyl (C=O) groups excluding carboxylic acids is 2. The molecule has 7 rings (SSSR count). The van der Waals surface area contributed by atoms with Crippen LogP contribution >= 0.6 is 0 Å². The number of hydrogen-bond donors (Lipinski definition) is 3. The summed E-state index contributed by atoms with van der Waals surface area (Å²) in [4.78, 5) is 29.9. The highest BCUT2D eigenvalue weighted by atomic mass is 32.2. The molecular formula is C24H28N4O4S. The quantitative estimate of drug-likeness (QED) is 0.595. The van der Waals surface area contributed by atoms with E-state index in [4.69, 9.17) is 5.73 Å². The predicted octanol–water partition coefficient (Wildman–Crippen LogP) is 1.84. The number of aromatic nitrogens is 1. The van der Waals surface area contributed by atoms with Crippen LogP contribution in [0.15, 0.2) is 41.4 Å². The molecule has 2 unspecified atom stereocenters. The van der Waals surface area contributed by atoms with Crippen molar-refractivity contribution in [3.8, 4) is 0 Å². The van der Waals surface area contributed by atoms with Crippen LogP contribution in [0.2, 0.25) is 0 Å². The Morgan fingerprint density at radius 3 is 2.39 bits per heavy atom. The molecule has 33 heavy (non-hydrogen) atoms. The van der Waals surface area contributed by atoms with Crippen LogP contribution in [0.25, 0.3) is 10.9 Å². The second-order valence-electron chi connectivity index (χ2n) is 10.6. The minimum atomic E-state index is -3.94. The molecule has 8 nitrogen and oxygen atoms in total. The molecule has 4 bridgehead atoms. The second kappa shape index (κ2) is 6.99. The third-order valence-corrected chi connectivity index (χ3v) is 10.1. The molecule has 2 amide bonds. The van der Waals surface area contributed by atoms with Crippen molar-refractivity contribution in [2.75, 3.05) is 0 Å². The topological polar surface area (TPSA) is 131 Å². The fourth-order valence-corrected chi connectivity index (χ4v) is 8.56. The van der Waals surface area contributed by atoms with E-state index in [-0.39, 0.29) is 34.6 Å². The average Bonchev–Trinajstić information content (AvgIpc) is 3.55. The molecule has 4 N–H and O–H groups in total. The molecule has 0 saturated heterocycles. The fourth-order valence-electron chi connectivity index (χ4n) is 6.96. The summed E-state index contributed by atoms with van der Waals surface area (Å²) in [5.41, 5.74) is 4.63. The number of nitrogens with one attached hydrogen (secondary N) is 2. The maximum Gasteiger partial charge on any atom is 0.243 e. The average molecular weight is 469 g/mol. The van der Waals surface area contributed by atoms with Gasteiger partial charge >= 0.3 is 0 Å². The van der Waals surface area contributed by atoms with E-state index in [1.165, 1.54) is 6.07 Å². The Bertz CT molecular complexity index is 1250. The molecule has 5 saturated carbocycles. The van der Waals surface area contributed by atoms with Crippen LogP contribution < -0.4 is 15.8 Å². The van der Waals surface area contributed by atoms with Crippen LogP contribution in [-0.2, 0) is 19.6 Å². The third-order valence-electron chi connectivity index (χ3n) is 8.49. The minimum absolute atomic E-state index is 0.0253. The molecule has 5 aliphatic rings. The van der Waals surface area contributed by atoms with Gasteiger partial charge < -0.3 is 11.1 Å². The summed E-state index contributed by atoms with van der Waals surface area (Å²) in [6.45, 7) is 0. The Morgan fingerprint density at radius 1 is 1.03 bits per heavy atom. The van der Waals surface area contributed by atoms with E-state index in [0.717, 1.165) is 37.5 Å². The summed E-state index contributed by atoms with van der Waals surface area (Å²) >= 11 is 0. The second-order valence-corrected chi connectivity index (χ2v) is 12.3. The first-order valence-electron chi connectivity index (χ1n) is 11.7. The Morgan fingerprint density at radius 2 is 1.73 bits per heavy atom. The summed E-state index contributed by atoms with van der Waals surface area (Å²) in [5.74, 6) is 0.479. The van der Waals surface area contributed by atoms with Crippen LogP contribution in [-0.4, -0.2) is 36.8 Å². The van der Waals surface area contributed by atoms with E-state index in [9.17, 15) is 18.0 Å². The normalized spacial score (nSPS) is 33.7. The maximum atomic E-state index is 13.4. The van der Waals surface area contributed by atoms with Crippen molar-refractivity contribution < 1.29 is 18.0 Å². The minimum Gasteiger partial charge on any atom is -0.369 e. The van der Waals surface area contributed by atoms with Gasteiger partial charge in [-0.05, 0) is 74.8 Å². The van der Waals surface area contributed by atoms with Gasteiger partial charge in [0.05, 0.1) is 5.52 Å². The van der Waals surface area contributed by atoms with Crippen molar-refractivity contribution in [2.45, 2.75) is 61.4 Å². The number of para-hydroxylation sites is 1. The van der Waals surface area contributed by atoms with Crippen LogP contribution in [0.1, 0.15) is 44.9 Å². The van der Waals surface area contributed by atoms with Gasteiger partial charge in [0.2, 0.25) is 21.8 Å². The lowest BCUT2D eigenvalue weighted by molar-refractivity contribution is -0.147. The largest absolute Gasteiger partial charge is 0.369 e. The van der Waals surface area contributed by atoms with E-state index in [0.29, 0.717) is 24.3 Å². The summed E-state index contributed by atoms with van der Waals surface area (Å²) in [6.07, 6.45) is 6.80. The lowest BCUT2D eigenvalue weighted by Gasteiger charge is -2.59. The molecule has 1 aromatic carbocycles. The van der Waals surface area contributed by atoms with Crippen molar-refractivity contribution in [1.82, 2.24) is 15.0 Å². The summed E-state index contributed by atoms with van der Waals surface area (Å²) < 4.78 is 29.3. The maximum absolute atomic E-state index is 13.4. The SMILES string of the molecule is NC(=O)C12CC3CC(C1)C(NC(=O)C1(NS(=O)(=O)c4cccc5cccnc45)CC1)C(C3)C2. The van der Waals surface area contributed by atoms with Gasteiger partial charge in [-0.3, -0.25) is 14.6 Å². The zero-order valence-electron chi connectivity index (χ0n) is 18.3. The Hall–Kier alpha value is -2.52. The number of primary amides is 1.